The van der Waals surface area contributed by atoms with Crippen molar-refractivity contribution < 1.29 is 23.8 Å². The smallest absolute Gasteiger partial charge is 0.303 e. The van der Waals surface area contributed by atoms with Crippen LogP contribution >= 0.6 is 0 Å². The molecule has 2 unspecified atom stereocenters. The molecule has 0 aliphatic carbocycles. The first kappa shape index (κ1) is 16.5. The molecule has 1 aromatic carbocycles. The Kier molecular flexibility index (Phi) is 6.04. The molecular formula is C14H19F2NO3. The highest BCUT2D eigenvalue weighted by molar-refractivity contribution is 5.66. The molecule has 0 heterocycles. The number of nitrogens with one attached hydrogen (secondary N) is 1. The Morgan fingerprint density at radius 2 is 1.95 bits per heavy atom. The lowest BCUT2D eigenvalue weighted by molar-refractivity contribution is -0.137. The maximum Gasteiger partial charge on any atom is 0.303 e. The Balaban J connectivity index is 2.87. The number of carboxylic acids is 1. The van der Waals surface area contributed by atoms with Gasteiger partial charge in [0.2, 0.25) is 0 Å². The van der Waals surface area contributed by atoms with E-state index in [2.05, 4.69) is 5.32 Å². The van der Waals surface area contributed by atoms with Crippen LogP contribution < -0.4 is 5.32 Å². The van der Waals surface area contributed by atoms with Crippen molar-refractivity contribution in [2.24, 2.45) is 0 Å². The molecule has 1 rings (SSSR count). The summed E-state index contributed by atoms with van der Waals surface area (Å²) in [5.41, 5.74) is 0.215. The molecule has 2 atom stereocenters. The van der Waals surface area contributed by atoms with Crippen LogP contribution in [0.2, 0.25) is 0 Å². The van der Waals surface area contributed by atoms with Crippen molar-refractivity contribution in [1.82, 2.24) is 5.32 Å². The number of aliphatic hydroxyl groups excluding tert-OH is 1. The molecule has 3 N–H and O–H groups in total. The summed E-state index contributed by atoms with van der Waals surface area (Å²) in [6.07, 6.45) is -1.04. The van der Waals surface area contributed by atoms with Crippen LogP contribution in [0, 0.1) is 11.6 Å². The van der Waals surface area contributed by atoms with Crippen LogP contribution in [0.3, 0.4) is 0 Å². The number of aliphatic carboxylic acids is 1. The van der Waals surface area contributed by atoms with Crippen LogP contribution in [0.5, 0.6) is 0 Å². The monoisotopic (exact) mass is 287 g/mol. The third-order valence-corrected chi connectivity index (χ3v) is 2.88. The predicted octanol–water partition coefficient (Wildman–Crippen LogP) is 2.23. The fourth-order valence-electron chi connectivity index (χ4n) is 1.97. The number of hydrogen-bond acceptors (Lipinski definition) is 3. The van der Waals surface area contributed by atoms with Crippen molar-refractivity contribution in [3.05, 3.63) is 35.4 Å². The normalized spacial score (nSPS) is 14.3. The van der Waals surface area contributed by atoms with Crippen molar-refractivity contribution in [3.8, 4) is 0 Å². The first-order chi connectivity index (χ1) is 9.31. The average Bonchev–Trinajstić information content (AvgIpc) is 2.36. The first-order valence-electron chi connectivity index (χ1n) is 6.42. The Labute approximate surface area is 116 Å². The van der Waals surface area contributed by atoms with Crippen LogP contribution in [-0.4, -0.2) is 28.3 Å². The molecule has 0 saturated heterocycles. The fraction of sp³-hybridized carbons (Fsp3) is 0.500. The number of hydrogen-bond donors (Lipinski definition) is 3. The van der Waals surface area contributed by atoms with Crippen LogP contribution in [0.15, 0.2) is 18.2 Å². The Morgan fingerprint density at radius 1 is 1.30 bits per heavy atom. The van der Waals surface area contributed by atoms with Gasteiger partial charge in [-0.2, -0.15) is 0 Å². The number of rotatable bonds is 7. The zero-order chi connectivity index (χ0) is 15.3. The summed E-state index contributed by atoms with van der Waals surface area (Å²) in [6, 6.07) is 2.64. The maximum absolute atomic E-state index is 13.2. The van der Waals surface area contributed by atoms with E-state index in [1.165, 1.54) is 6.07 Å². The van der Waals surface area contributed by atoms with E-state index in [0.29, 0.717) is 0 Å². The highest BCUT2D eigenvalue weighted by Gasteiger charge is 2.23. The van der Waals surface area contributed by atoms with Crippen LogP contribution in [-0.2, 0) is 4.79 Å². The second-order valence-corrected chi connectivity index (χ2v) is 4.98. The lowest BCUT2D eigenvalue weighted by Gasteiger charge is -2.26. The lowest BCUT2D eigenvalue weighted by Crippen LogP contribution is -2.39. The zero-order valence-electron chi connectivity index (χ0n) is 11.4. The van der Waals surface area contributed by atoms with Gasteiger partial charge in [0.25, 0.3) is 0 Å². The first-order valence-corrected chi connectivity index (χ1v) is 6.42. The number of aliphatic hydroxyl groups is 1. The van der Waals surface area contributed by atoms with Gasteiger partial charge in [0.05, 0.1) is 6.10 Å². The zero-order valence-corrected chi connectivity index (χ0v) is 11.4. The number of carboxylic acid groups (broad SMARTS) is 1. The van der Waals surface area contributed by atoms with Gasteiger partial charge in [0, 0.05) is 18.5 Å². The van der Waals surface area contributed by atoms with E-state index in [-0.39, 0.29) is 24.4 Å². The molecule has 1 aromatic rings. The van der Waals surface area contributed by atoms with Crippen LogP contribution in [0.1, 0.15) is 38.4 Å². The van der Waals surface area contributed by atoms with Crippen molar-refractivity contribution in [2.75, 3.05) is 0 Å². The minimum absolute atomic E-state index is 0.0220. The van der Waals surface area contributed by atoms with Gasteiger partial charge in [0.1, 0.15) is 0 Å². The van der Waals surface area contributed by atoms with Gasteiger partial charge < -0.3 is 15.5 Å². The van der Waals surface area contributed by atoms with E-state index in [1.807, 2.05) is 13.8 Å². The standard InChI is InChI=1S/C14H19F2NO3/c1-8(2)17-12(5-6-13(18)19)14(20)9-3-4-10(15)11(16)7-9/h3-4,7-8,12,14,17,20H,5-6H2,1-2H3,(H,18,19). The van der Waals surface area contributed by atoms with Crippen LogP contribution in [0.4, 0.5) is 8.78 Å². The molecule has 0 spiro atoms. The lowest BCUT2D eigenvalue weighted by atomic mass is 9.97. The van der Waals surface area contributed by atoms with E-state index >= 15 is 0 Å². The van der Waals surface area contributed by atoms with Gasteiger partial charge in [-0.25, -0.2) is 8.78 Å². The third kappa shape index (κ3) is 4.86. The van der Waals surface area contributed by atoms with Crippen LogP contribution in [0.25, 0.3) is 0 Å². The summed E-state index contributed by atoms with van der Waals surface area (Å²) < 4.78 is 26.1. The maximum atomic E-state index is 13.2. The van der Waals surface area contributed by atoms with Gasteiger partial charge in [-0.05, 0) is 24.1 Å². The van der Waals surface area contributed by atoms with Gasteiger partial charge in [-0.3, -0.25) is 4.79 Å². The second-order valence-electron chi connectivity index (χ2n) is 4.98. The molecule has 112 valence electrons. The minimum Gasteiger partial charge on any atom is -0.481 e. The summed E-state index contributed by atoms with van der Waals surface area (Å²) in [5.74, 6) is -3.00. The van der Waals surface area contributed by atoms with Gasteiger partial charge in [-0.1, -0.05) is 19.9 Å². The predicted molar refractivity (Wildman–Crippen MR) is 70.2 cm³/mol. The molecule has 0 bridgehead atoms. The number of benzene rings is 1. The Morgan fingerprint density at radius 3 is 2.45 bits per heavy atom. The van der Waals surface area contributed by atoms with Gasteiger partial charge in [-0.15, -0.1) is 0 Å². The molecule has 0 fully saturated rings. The highest BCUT2D eigenvalue weighted by Crippen LogP contribution is 2.22. The molecule has 0 amide bonds. The molecule has 6 heteroatoms. The molecule has 20 heavy (non-hydrogen) atoms. The summed E-state index contributed by atoms with van der Waals surface area (Å²) in [5, 5.41) is 22.0. The quantitative estimate of drug-likeness (QED) is 0.719. The third-order valence-electron chi connectivity index (χ3n) is 2.88. The van der Waals surface area contributed by atoms with Gasteiger partial charge >= 0.3 is 5.97 Å². The molecule has 0 radical (unpaired) electrons. The molecule has 0 saturated carbocycles. The van der Waals surface area contributed by atoms with Crippen molar-refractivity contribution in [3.63, 3.8) is 0 Å². The second kappa shape index (κ2) is 7.31. The fourth-order valence-corrected chi connectivity index (χ4v) is 1.97. The van der Waals surface area contributed by atoms with Crippen molar-refractivity contribution in [1.29, 1.82) is 0 Å². The molecule has 0 aliphatic rings. The summed E-state index contributed by atoms with van der Waals surface area (Å²) >= 11 is 0. The van der Waals surface area contributed by atoms with Gasteiger partial charge in [0.15, 0.2) is 11.6 Å². The Bertz CT molecular complexity index is 466. The SMILES string of the molecule is CC(C)NC(CCC(=O)O)C(O)c1ccc(F)c(F)c1. The Hall–Kier alpha value is -1.53. The summed E-state index contributed by atoms with van der Waals surface area (Å²) in [6.45, 7) is 3.71. The molecule has 4 nitrogen and oxygen atoms in total. The van der Waals surface area contributed by atoms with E-state index in [1.54, 1.807) is 0 Å². The van der Waals surface area contributed by atoms with E-state index in [4.69, 9.17) is 5.11 Å². The minimum atomic E-state index is -1.10. The summed E-state index contributed by atoms with van der Waals surface area (Å²) in [7, 11) is 0. The summed E-state index contributed by atoms with van der Waals surface area (Å²) in [4.78, 5) is 10.6. The highest BCUT2D eigenvalue weighted by atomic mass is 19.2. The molecular weight excluding hydrogens is 268 g/mol. The molecule has 0 aromatic heterocycles. The van der Waals surface area contributed by atoms with E-state index < -0.39 is 29.7 Å². The van der Waals surface area contributed by atoms with E-state index in [9.17, 15) is 18.7 Å². The largest absolute Gasteiger partial charge is 0.481 e. The molecule has 0 aliphatic heterocycles. The topological polar surface area (TPSA) is 69.6 Å². The van der Waals surface area contributed by atoms with Crippen molar-refractivity contribution >= 4 is 5.97 Å². The average molecular weight is 287 g/mol. The number of halogens is 2. The number of carbonyl (C=O) groups is 1. The van der Waals surface area contributed by atoms with Crippen molar-refractivity contribution in [2.45, 2.75) is 44.9 Å². The van der Waals surface area contributed by atoms with E-state index in [0.717, 1.165) is 12.1 Å².